The molecule has 0 aromatic carbocycles. The minimum Gasteiger partial charge on any atom is -0.480 e. The lowest BCUT2D eigenvalue weighted by molar-refractivity contribution is -0.141. The van der Waals surface area contributed by atoms with Crippen LogP contribution in [0.1, 0.15) is 49.2 Å². The molecule has 2 aliphatic rings. The molecule has 0 bridgehead atoms. The highest BCUT2D eigenvalue weighted by Crippen LogP contribution is 2.42. The smallest absolute Gasteiger partial charge is 0.326 e. The van der Waals surface area contributed by atoms with E-state index in [9.17, 15) is 9.90 Å². The zero-order chi connectivity index (χ0) is 10.4. The van der Waals surface area contributed by atoms with Crippen LogP contribution in [0.5, 0.6) is 0 Å². The Morgan fingerprint density at radius 2 is 2.27 bits per heavy atom. The maximum absolute atomic E-state index is 11.2. The van der Waals surface area contributed by atoms with Gasteiger partial charge < -0.3 is 9.67 Å². The lowest BCUT2D eigenvalue weighted by atomic mass is 10.0. The molecule has 1 aliphatic carbocycles. The number of carbonyl (C=O) groups is 1. The van der Waals surface area contributed by atoms with Crippen LogP contribution in [-0.2, 0) is 11.2 Å². The van der Waals surface area contributed by atoms with Gasteiger partial charge in [-0.25, -0.2) is 9.78 Å². The number of fused-ring (bicyclic) bond motifs is 1. The first-order chi connectivity index (χ1) is 7.27. The molecular weight excluding hydrogens is 192 g/mol. The Bertz CT molecular complexity index is 407. The van der Waals surface area contributed by atoms with E-state index in [1.165, 1.54) is 12.8 Å². The van der Waals surface area contributed by atoms with Crippen LogP contribution in [0, 0.1) is 0 Å². The van der Waals surface area contributed by atoms with Crippen molar-refractivity contribution in [3.05, 3.63) is 17.7 Å². The largest absolute Gasteiger partial charge is 0.480 e. The van der Waals surface area contributed by atoms with Crippen molar-refractivity contribution in [2.24, 2.45) is 0 Å². The molecular formula is C11H14N2O2. The van der Waals surface area contributed by atoms with Gasteiger partial charge in [0.2, 0.25) is 0 Å². The number of aryl methyl sites for hydroxylation is 1. The van der Waals surface area contributed by atoms with E-state index in [2.05, 4.69) is 4.98 Å². The molecule has 0 spiro atoms. The molecule has 1 aromatic heterocycles. The average Bonchev–Trinajstić information content (AvgIpc) is 2.97. The molecule has 1 atom stereocenters. The molecule has 3 rings (SSSR count). The van der Waals surface area contributed by atoms with Crippen LogP contribution in [0.15, 0.2) is 6.20 Å². The van der Waals surface area contributed by atoms with Crippen LogP contribution in [-0.4, -0.2) is 20.6 Å². The lowest BCUT2D eigenvalue weighted by Gasteiger charge is -2.23. The first-order valence-corrected chi connectivity index (χ1v) is 5.56. The summed E-state index contributed by atoms with van der Waals surface area (Å²) in [6.45, 7) is 0. The van der Waals surface area contributed by atoms with Gasteiger partial charge in [-0.2, -0.15) is 0 Å². The summed E-state index contributed by atoms with van der Waals surface area (Å²) >= 11 is 0. The molecule has 4 heteroatoms. The molecule has 1 fully saturated rings. The summed E-state index contributed by atoms with van der Waals surface area (Å²) in [5.41, 5.74) is 1.11. The number of rotatable bonds is 2. The topological polar surface area (TPSA) is 55.1 Å². The third-order valence-electron chi connectivity index (χ3n) is 3.35. The van der Waals surface area contributed by atoms with Gasteiger partial charge in [0, 0.05) is 17.8 Å². The second-order valence-corrected chi connectivity index (χ2v) is 4.50. The SMILES string of the molecule is O=C(O)C1CCCc2cnc(C3CC3)n21. The van der Waals surface area contributed by atoms with E-state index < -0.39 is 5.97 Å². The lowest BCUT2D eigenvalue weighted by Crippen LogP contribution is -2.26. The van der Waals surface area contributed by atoms with E-state index in [0.29, 0.717) is 5.92 Å². The number of hydrogen-bond donors (Lipinski definition) is 1. The summed E-state index contributed by atoms with van der Waals surface area (Å²) < 4.78 is 1.98. The highest BCUT2D eigenvalue weighted by atomic mass is 16.4. The van der Waals surface area contributed by atoms with E-state index in [0.717, 1.165) is 30.8 Å². The second kappa shape index (κ2) is 3.08. The quantitative estimate of drug-likeness (QED) is 0.801. The average molecular weight is 206 g/mol. The third kappa shape index (κ3) is 1.35. The van der Waals surface area contributed by atoms with Gasteiger partial charge in [-0.3, -0.25) is 0 Å². The highest BCUT2D eigenvalue weighted by Gasteiger charge is 2.35. The summed E-state index contributed by atoms with van der Waals surface area (Å²) in [6, 6.07) is -0.369. The predicted molar refractivity (Wildman–Crippen MR) is 53.8 cm³/mol. The van der Waals surface area contributed by atoms with Crippen LogP contribution >= 0.6 is 0 Å². The standard InChI is InChI=1S/C11H14N2O2/c14-11(15)9-3-1-2-8-6-12-10(13(8)9)7-4-5-7/h6-7,9H,1-5H2,(H,14,15). The van der Waals surface area contributed by atoms with E-state index in [1.807, 2.05) is 10.8 Å². The Hall–Kier alpha value is -1.32. The molecule has 15 heavy (non-hydrogen) atoms. The van der Waals surface area contributed by atoms with E-state index in [1.54, 1.807) is 0 Å². The summed E-state index contributed by atoms with van der Waals surface area (Å²) in [5.74, 6) is 0.826. The van der Waals surface area contributed by atoms with Gasteiger partial charge in [-0.05, 0) is 32.1 Å². The fourth-order valence-corrected chi connectivity index (χ4v) is 2.44. The van der Waals surface area contributed by atoms with Gasteiger partial charge in [0.25, 0.3) is 0 Å². The van der Waals surface area contributed by atoms with Gasteiger partial charge in [0.1, 0.15) is 11.9 Å². The Balaban J connectivity index is 2.06. The fourth-order valence-electron chi connectivity index (χ4n) is 2.44. The molecule has 1 N–H and O–H groups in total. The van der Waals surface area contributed by atoms with Gasteiger partial charge >= 0.3 is 5.97 Å². The van der Waals surface area contributed by atoms with Crippen LogP contribution < -0.4 is 0 Å². The zero-order valence-corrected chi connectivity index (χ0v) is 8.52. The van der Waals surface area contributed by atoms with Gasteiger partial charge in [0.05, 0.1) is 0 Å². The Labute approximate surface area is 87.9 Å². The molecule has 0 saturated heterocycles. The van der Waals surface area contributed by atoms with Crippen molar-refractivity contribution in [3.8, 4) is 0 Å². The number of aliphatic carboxylic acids is 1. The zero-order valence-electron chi connectivity index (χ0n) is 8.52. The highest BCUT2D eigenvalue weighted by molar-refractivity contribution is 5.72. The number of hydrogen-bond acceptors (Lipinski definition) is 2. The second-order valence-electron chi connectivity index (χ2n) is 4.50. The Morgan fingerprint density at radius 3 is 2.93 bits per heavy atom. The van der Waals surface area contributed by atoms with Crippen LogP contribution in [0.25, 0.3) is 0 Å². The van der Waals surface area contributed by atoms with E-state index in [4.69, 9.17) is 0 Å². The minimum atomic E-state index is -0.712. The van der Waals surface area contributed by atoms with Crippen molar-refractivity contribution in [1.29, 1.82) is 0 Å². The summed E-state index contributed by atoms with van der Waals surface area (Å²) in [7, 11) is 0. The monoisotopic (exact) mass is 206 g/mol. The summed E-state index contributed by atoms with van der Waals surface area (Å²) in [4.78, 5) is 15.6. The van der Waals surface area contributed by atoms with E-state index >= 15 is 0 Å². The van der Waals surface area contributed by atoms with E-state index in [-0.39, 0.29) is 6.04 Å². The van der Waals surface area contributed by atoms with Gasteiger partial charge in [-0.1, -0.05) is 0 Å². The number of carboxylic acid groups (broad SMARTS) is 1. The van der Waals surface area contributed by atoms with Crippen molar-refractivity contribution in [2.75, 3.05) is 0 Å². The van der Waals surface area contributed by atoms with Gasteiger partial charge in [0.15, 0.2) is 0 Å². The number of imidazole rings is 1. The first kappa shape index (κ1) is 8.95. The number of carboxylic acids is 1. The van der Waals surface area contributed by atoms with Crippen molar-refractivity contribution in [1.82, 2.24) is 9.55 Å². The molecule has 2 heterocycles. The number of aromatic nitrogens is 2. The Morgan fingerprint density at radius 1 is 1.47 bits per heavy atom. The van der Waals surface area contributed by atoms with Crippen LogP contribution in [0.3, 0.4) is 0 Å². The molecule has 1 saturated carbocycles. The number of nitrogens with zero attached hydrogens (tertiary/aromatic N) is 2. The molecule has 0 amide bonds. The molecule has 80 valence electrons. The summed E-state index contributed by atoms with van der Waals surface area (Å²) in [5, 5.41) is 9.18. The van der Waals surface area contributed by atoms with Crippen molar-refractivity contribution in [3.63, 3.8) is 0 Å². The predicted octanol–water partition coefficient (Wildman–Crippen LogP) is 1.72. The van der Waals surface area contributed by atoms with Crippen LogP contribution in [0.2, 0.25) is 0 Å². The first-order valence-electron chi connectivity index (χ1n) is 5.56. The normalized spacial score (nSPS) is 24.9. The summed E-state index contributed by atoms with van der Waals surface area (Å²) in [6.07, 6.45) is 6.89. The minimum absolute atomic E-state index is 0.369. The third-order valence-corrected chi connectivity index (χ3v) is 3.35. The van der Waals surface area contributed by atoms with Crippen molar-refractivity contribution >= 4 is 5.97 Å². The molecule has 0 radical (unpaired) electrons. The van der Waals surface area contributed by atoms with Gasteiger partial charge in [-0.15, -0.1) is 0 Å². The van der Waals surface area contributed by atoms with Crippen molar-refractivity contribution < 1.29 is 9.90 Å². The Kier molecular flexibility index (Phi) is 1.84. The molecule has 1 aromatic rings. The maximum Gasteiger partial charge on any atom is 0.326 e. The van der Waals surface area contributed by atoms with Crippen LogP contribution in [0.4, 0.5) is 0 Å². The molecule has 1 unspecified atom stereocenters. The molecule has 1 aliphatic heterocycles. The fraction of sp³-hybridized carbons (Fsp3) is 0.636. The maximum atomic E-state index is 11.2. The molecule has 4 nitrogen and oxygen atoms in total. The van der Waals surface area contributed by atoms with Crippen molar-refractivity contribution in [2.45, 2.75) is 44.1 Å².